The summed E-state index contributed by atoms with van der Waals surface area (Å²) in [6.45, 7) is 5.23. The van der Waals surface area contributed by atoms with Crippen molar-refractivity contribution in [2.24, 2.45) is 0 Å². The Morgan fingerprint density at radius 3 is 1.97 bits per heavy atom. The van der Waals surface area contributed by atoms with E-state index in [1.54, 1.807) is 12.1 Å². The molecule has 1 aliphatic carbocycles. The number of phenolic OH excluding ortho intramolecular Hbond substituents is 2. The molecule has 0 spiro atoms. The first kappa shape index (κ1) is 26.3. The van der Waals surface area contributed by atoms with E-state index < -0.39 is 24.8 Å². The van der Waals surface area contributed by atoms with Crippen molar-refractivity contribution in [3.05, 3.63) is 53.6 Å². The maximum atomic E-state index is 9.62. The first-order chi connectivity index (χ1) is 16.8. The Morgan fingerprint density at radius 2 is 1.43 bits per heavy atom. The molecule has 35 heavy (non-hydrogen) atoms. The molecule has 0 radical (unpaired) electrons. The number of carbonyl (C=O) groups excluding carboxylic acids is 2. The van der Waals surface area contributed by atoms with Crippen LogP contribution in [0.2, 0.25) is 0 Å². The van der Waals surface area contributed by atoms with Gasteiger partial charge in [0.05, 0.1) is 0 Å². The maximum Gasteiger partial charge on any atom is 0.157 e. The van der Waals surface area contributed by atoms with Gasteiger partial charge in [-0.1, -0.05) is 31.0 Å². The van der Waals surface area contributed by atoms with Crippen molar-refractivity contribution in [3.8, 4) is 11.5 Å². The lowest BCUT2D eigenvalue weighted by molar-refractivity contribution is -0.315. The number of benzene rings is 2. The number of rotatable bonds is 8. The van der Waals surface area contributed by atoms with Crippen LogP contribution in [0.15, 0.2) is 42.5 Å². The molecule has 2 N–H and O–H groups in total. The Balaban J connectivity index is 0.000000371. The average molecular weight is 483 g/mol. The van der Waals surface area contributed by atoms with E-state index in [4.69, 9.17) is 0 Å². The maximum absolute atomic E-state index is 9.62. The minimum Gasteiger partial charge on any atom is -0.550 e. The summed E-state index contributed by atoms with van der Waals surface area (Å²) >= 11 is 0. The van der Waals surface area contributed by atoms with Crippen LogP contribution in [0.5, 0.6) is 11.5 Å². The molecule has 0 atom stereocenters. The van der Waals surface area contributed by atoms with Gasteiger partial charge in [0.25, 0.3) is 0 Å². The number of aromatic hydroxyl groups is 2. The second-order valence-corrected chi connectivity index (χ2v) is 9.22. The van der Waals surface area contributed by atoms with E-state index in [0.717, 1.165) is 50.6 Å². The Hall–Kier alpha value is -3.26. The number of aliphatic carboxylic acids is 2. The summed E-state index contributed by atoms with van der Waals surface area (Å²) in [6.07, 6.45) is 5.44. The highest BCUT2D eigenvalue weighted by molar-refractivity contribution is 5.72. The lowest BCUT2D eigenvalue weighted by Gasteiger charge is -2.36. The number of carboxylic acid groups (broad SMARTS) is 2. The molecule has 0 amide bonds. The number of carboxylic acids is 2. The molecule has 2 fully saturated rings. The summed E-state index contributed by atoms with van der Waals surface area (Å²) in [7, 11) is 0. The number of carbonyl (C=O) groups is 2. The number of nitrogens with zero attached hydrogens (tertiary/aromatic N) is 2. The fraction of sp³-hybridized carbons (Fsp3) is 0.481. The van der Waals surface area contributed by atoms with Crippen molar-refractivity contribution in [2.45, 2.75) is 50.9 Å². The zero-order valence-corrected chi connectivity index (χ0v) is 20.0. The van der Waals surface area contributed by atoms with Crippen molar-refractivity contribution in [1.82, 2.24) is 4.90 Å². The minimum atomic E-state index is -1.37. The Labute approximate surface area is 206 Å². The summed E-state index contributed by atoms with van der Waals surface area (Å²) in [6, 6.07) is 14.4. The molecule has 8 nitrogen and oxygen atoms in total. The zero-order valence-electron chi connectivity index (χ0n) is 20.0. The highest BCUT2D eigenvalue weighted by Crippen LogP contribution is 2.34. The lowest BCUT2D eigenvalue weighted by atomic mass is 9.97. The second-order valence-electron chi connectivity index (χ2n) is 9.22. The van der Waals surface area contributed by atoms with E-state index in [1.165, 1.54) is 36.9 Å². The average Bonchev–Trinajstić information content (AvgIpc) is 3.39. The van der Waals surface area contributed by atoms with E-state index in [1.807, 2.05) is 6.07 Å². The molecular weight excluding hydrogens is 448 g/mol. The Morgan fingerprint density at radius 1 is 0.829 bits per heavy atom. The zero-order chi connectivity index (χ0) is 25.2. The monoisotopic (exact) mass is 482 g/mol. The summed E-state index contributed by atoms with van der Waals surface area (Å²) in [5, 5.41) is 38.0. The molecule has 4 rings (SSSR count). The van der Waals surface area contributed by atoms with Crippen LogP contribution in [0.1, 0.15) is 55.6 Å². The third-order valence-electron chi connectivity index (χ3n) is 6.75. The van der Waals surface area contributed by atoms with Crippen molar-refractivity contribution >= 4 is 17.6 Å². The number of hydrogen-bond acceptors (Lipinski definition) is 8. The van der Waals surface area contributed by atoms with Gasteiger partial charge in [-0.2, -0.15) is 0 Å². The van der Waals surface area contributed by atoms with Gasteiger partial charge in [-0.05, 0) is 73.4 Å². The molecular formula is C27H34N2O6-2. The van der Waals surface area contributed by atoms with E-state index in [0.29, 0.717) is 0 Å². The summed E-state index contributed by atoms with van der Waals surface area (Å²) < 4.78 is 0. The first-order valence-electron chi connectivity index (χ1n) is 12.3. The molecule has 190 valence electrons. The predicted molar refractivity (Wildman–Crippen MR) is 129 cm³/mol. The molecule has 2 aromatic rings. The normalized spacial score (nSPS) is 16.5. The van der Waals surface area contributed by atoms with Gasteiger partial charge < -0.3 is 34.9 Å². The van der Waals surface area contributed by atoms with Gasteiger partial charge in [0, 0.05) is 50.3 Å². The molecule has 2 aromatic carbocycles. The van der Waals surface area contributed by atoms with Crippen molar-refractivity contribution < 1.29 is 30.0 Å². The molecule has 1 aliphatic heterocycles. The van der Waals surface area contributed by atoms with Gasteiger partial charge in [0.15, 0.2) is 11.5 Å². The number of hydrogen-bond donors (Lipinski definition) is 2. The SMILES string of the molecule is O=C([O-])CCC(=O)[O-].Oc1ccc(CCN2CCN(c3ccc(C4CCCC4)cc3)CC2)cc1O. The Bertz CT molecular complexity index is 950. The van der Waals surface area contributed by atoms with Crippen LogP contribution in [-0.4, -0.2) is 59.8 Å². The van der Waals surface area contributed by atoms with Crippen molar-refractivity contribution in [1.29, 1.82) is 0 Å². The molecule has 0 aromatic heterocycles. The van der Waals surface area contributed by atoms with Gasteiger partial charge in [-0.15, -0.1) is 0 Å². The lowest BCUT2D eigenvalue weighted by Crippen LogP contribution is -2.47. The van der Waals surface area contributed by atoms with Gasteiger partial charge in [-0.3, -0.25) is 4.90 Å². The van der Waals surface area contributed by atoms with Crippen LogP contribution >= 0.6 is 0 Å². The quantitative estimate of drug-likeness (QED) is 0.541. The topological polar surface area (TPSA) is 127 Å². The van der Waals surface area contributed by atoms with Crippen molar-refractivity contribution in [2.75, 3.05) is 37.6 Å². The standard InChI is InChI=1S/C23H30N2O2.C4H6O4/c26-22-10-5-18(17-23(22)27)11-12-24-13-15-25(16-14-24)21-8-6-20(7-9-21)19-3-1-2-4-19;5-3(6)1-2-4(7)8/h5-10,17,19,26-27H,1-4,11-16H2;1-2H2,(H,5,6)(H,7,8)/p-2. The van der Waals surface area contributed by atoms with E-state index in [-0.39, 0.29) is 11.5 Å². The smallest absolute Gasteiger partial charge is 0.157 e. The van der Waals surface area contributed by atoms with Crippen molar-refractivity contribution in [3.63, 3.8) is 0 Å². The van der Waals surface area contributed by atoms with Gasteiger partial charge >= 0.3 is 0 Å². The van der Waals surface area contributed by atoms with Crippen LogP contribution < -0.4 is 15.1 Å². The van der Waals surface area contributed by atoms with E-state index >= 15 is 0 Å². The first-order valence-corrected chi connectivity index (χ1v) is 12.3. The molecule has 8 heteroatoms. The molecule has 0 unspecified atom stereocenters. The predicted octanol–water partition coefficient (Wildman–Crippen LogP) is 1.39. The van der Waals surface area contributed by atoms with E-state index in [2.05, 4.69) is 34.1 Å². The van der Waals surface area contributed by atoms with Crippen LogP contribution in [-0.2, 0) is 16.0 Å². The molecule has 1 saturated heterocycles. The van der Waals surface area contributed by atoms with Crippen LogP contribution in [0, 0.1) is 0 Å². The fourth-order valence-corrected chi connectivity index (χ4v) is 4.66. The van der Waals surface area contributed by atoms with Gasteiger partial charge in [0.1, 0.15) is 0 Å². The Kier molecular flexibility index (Phi) is 9.78. The largest absolute Gasteiger partial charge is 0.550 e. The highest BCUT2D eigenvalue weighted by atomic mass is 16.4. The van der Waals surface area contributed by atoms with Gasteiger partial charge in [-0.25, -0.2) is 0 Å². The summed E-state index contributed by atoms with van der Waals surface area (Å²) in [5.41, 5.74) is 3.93. The summed E-state index contributed by atoms with van der Waals surface area (Å²) in [5.74, 6) is -2.02. The fourth-order valence-electron chi connectivity index (χ4n) is 4.66. The highest BCUT2D eigenvalue weighted by Gasteiger charge is 2.19. The van der Waals surface area contributed by atoms with Crippen LogP contribution in [0.25, 0.3) is 0 Å². The summed E-state index contributed by atoms with van der Waals surface area (Å²) in [4.78, 5) is 24.0. The third-order valence-corrected chi connectivity index (χ3v) is 6.75. The van der Waals surface area contributed by atoms with E-state index in [9.17, 15) is 30.0 Å². The third kappa shape index (κ3) is 8.47. The molecule has 0 bridgehead atoms. The molecule has 2 aliphatic rings. The van der Waals surface area contributed by atoms with Gasteiger partial charge in [0.2, 0.25) is 0 Å². The molecule has 1 heterocycles. The number of piperazine rings is 1. The number of phenols is 2. The van der Waals surface area contributed by atoms with Crippen LogP contribution in [0.3, 0.4) is 0 Å². The molecule has 1 saturated carbocycles. The minimum absolute atomic E-state index is 0.0293. The number of anilines is 1. The second kappa shape index (κ2) is 13.0. The van der Waals surface area contributed by atoms with Crippen LogP contribution in [0.4, 0.5) is 5.69 Å².